The van der Waals surface area contributed by atoms with Crippen molar-refractivity contribution in [2.75, 3.05) is 0 Å². The summed E-state index contributed by atoms with van der Waals surface area (Å²) in [4.78, 5) is 0. The lowest BCUT2D eigenvalue weighted by Crippen LogP contribution is -2.40. The minimum atomic E-state index is -2.66. The van der Waals surface area contributed by atoms with Gasteiger partial charge < -0.3 is 5.11 Å². The minimum absolute atomic E-state index is 0.373. The minimum Gasteiger partial charge on any atom is -0.504 e. The molecule has 0 amide bonds. The SMILES string of the molecule is OC1=C([P+](c2ccccc2)(c2ccccc2)c2ccccc2)C(c2ccccc2)(c2ccccc2)c2ccccc21. The lowest BCUT2D eigenvalue weighted by molar-refractivity contribution is 0.510. The van der Waals surface area contributed by atoms with Crippen LogP contribution in [-0.4, -0.2) is 5.11 Å². The van der Waals surface area contributed by atoms with Crippen LogP contribution in [0, 0.1) is 0 Å². The third-order valence-electron chi connectivity index (χ3n) is 8.35. The van der Waals surface area contributed by atoms with Gasteiger partial charge in [-0.1, -0.05) is 140 Å². The Morgan fingerprint density at radius 2 is 0.732 bits per heavy atom. The zero-order chi connectivity index (χ0) is 27.7. The van der Waals surface area contributed by atoms with E-state index in [0.29, 0.717) is 5.76 Å². The van der Waals surface area contributed by atoms with E-state index < -0.39 is 12.7 Å². The van der Waals surface area contributed by atoms with Gasteiger partial charge in [0.15, 0.2) is 5.76 Å². The fraction of sp³-hybridized carbons (Fsp3) is 0.0256. The molecule has 0 spiro atoms. The molecule has 1 aliphatic rings. The number of rotatable bonds is 6. The van der Waals surface area contributed by atoms with Crippen molar-refractivity contribution in [3.05, 3.63) is 203 Å². The predicted molar refractivity (Wildman–Crippen MR) is 174 cm³/mol. The molecule has 0 radical (unpaired) electrons. The van der Waals surface area contributed by atoms with Gasteiger partial charge in [0.1, 0.15) is 33.9 Å². The van der Waals surface area contributed by atoms with Crippen LogP contribution in [0.4, 0.5) is 0 Å². The van der Waals surface area contributed by atoms with Crippen LogP contribution in [0.25, 0.3) is 5.76 Å². The molecule has 2 heteroatoms. The Bertz CT molecular complexity index is 1680. The highest BCUT2D eigenvalue weighted by Crippen LogP contribution is 2.74. The molecule has 0 bridgehead atoms. The smallest absolute Gasteiger partial charge is 0.164 e. The second-order valence-electron chi connectivity index (χ2n) is 10.4. The van der Waals surface area contributed by atoms with Gasteiger partial charge in [0.2, 0.25) is 0 Å². The molecule has 1 N–H and O–H groups in total. The molecule has 0 heterocycles. The number of hydrogen-bond donors (Lipinski definition) is 1. The van der Waals surface area contributed by atoms with E-state index >= 15 is 0 Å². The summed E-state index contributed by atoms with van der Waals surface area (Å²) in [6.45, 7) is 0. The van der Waals surface area contributed by atoms with E-state index in [1.165, 1.54) is 15.9 Å². The molecule has 0 aromatic heterocycles. The maximum Gasteiger partial charge on any atom is 0.164 e. The molecule has 0 fully saturated rings. The van der Waals surface area contributed by atoms with Crippen LogP contribution in [0.2, 0.25) is 0 Å². The van der Waals surface area contributed by atoms with Gasteiger partial charge in [-0.25, -0.2) is 0 Å². The van der Waals surface area contributed by atoms with Crippen molar-refractivity contribution in [2.45, 2.75) is 5.41 Å². The molecule has 0 unspecified atom stereocenters. The Labute approximate surface area is 242 Å². The third-order valence-corrected chi connectivity index (χ3v) is 12.8. The number of aliphatic hydroxyl groups excluding tert-OH is 1. The van der Waals surface area contributed by atoms with Gasteiger partial charge in [-0.3, -0.25) is 0 Å². The predicted octanol–water partition coefficient (Wildman–Crippen LogP) is 8.26. The fourth-order valence-electron chi connectivity index (χ4n) is 6.78. The van der Waals surface area contributed by atoms with Crippen molar-refractivity contribution >= 4 is 28.9 Å². The van der Waals surface area contributed by atoms with E-state index in [-0.39, 0.29) is 0 Å². The average Bonchev–Trinajstić information content (AvgIpc) is 3.33. The van der Waals surface area contributed by atoms with Gasteiger partial charge >= 0.3 is 0 Å². The fourth-order valence-corrected chi connectivity index (χ4v) is 11.6. The van der Waals surface area contributed by atoms with Gasteiger partial charge in [-0.2, -0.15) is 0 Å². The van der Waals surface area contributed by atoms with Crippen molar-refractivity contribution in [3.8, 4) is 0 Å². The van der Waals surface area contributed by atoms with Gasteiger partial charge in [0, 0.05) is 5.56 Å². The van der Waals surface area contributed by atoms with Crippen molar-refractivity contribution in [3.63, 3.8) is 0 Å². The highest BCUT2D eigenvalue weighted by Gasteiger charge is 2.64. The Kier molecular flexibility index (Phi) is 6.38. The lowest BCUT2D eigenvalue weighted by Gasteiger charge is -2.40. The summed E-state index contributed by atoms with van der Waals surface area (Å²) < 4.78 is 0. The monoisotopic (exact) mass is 545 g/mol. The van der Waals surface area contributed by atoms with Crippen LogP contribution in [0.15, 0.2) is 181 Å². The second kappa shape index (κ2) is 10.4. The topological polar surface area (TPSA) is 20.2 Å². The maximum absolute atomic E-state index is 12.7. The first-order valence-electron chi connectivity index (χ1n) is 14.0. The van der Waals surface area contributed by atoms with E-state index in [0.717, 1.165) is 27.6 Å². The van der Waals surface area contributed by atoms with Crippen LogP contribution in [0.1, 0.15) is 22.3 Å². The summed E-state index contributed by atoms with van der Waals surface area (Å²) in [6.07, 6.45) is 0. The number of allylic oxidation sites excluding steroid dienone is 1. The Morgan fingerprint density at radius 3 is 1.15 bits per heavy atom. The summed E-state index contributed by atoms with van der Waals surface area (Å²) in [5.74, 6) is 0.373. The second-order valence-corrected chi connectivity index (χ2v) is 13.7. The van der Waals surface area contributed by atoms with Gasteiger partial charge in [0.25, 0.3) is 0 Å². The molecule has 196 valence electrons. The van der Waals surface area contributed by atoms with Gasteiger partial charge in [-0.15, -0.1) is 0 Å². The summed E-state index contributed by atoms with van der Waals surface area (Å²) in [5, 5.41) is 17.4. The lowest BCUT2D eigenvalue weighted by atomic mass is 9.71. The molecule has 0 saturated heterocycles. The molecule has 0 atom stereocenters. The van der Waals surface area contributed by atoms with Crippen LogP contribution in [0.5, 0.6) is 0 Å². The number of fused-ring (bicyclic) bond motifs is 1. The van der Waals surface area contributed by atoms with Gasteiger partial charge in [-0.05, 0) is 53.1 Å². The normalized spacial score (nSPS) is 14.0. The molecule has 6 aromatic carbocycles. The molecule has 7 rings (SSSR count). The van der Waals surface area contributed by atoms with Crippen molar-refractivity contribution in [1.82, 2.24) is 0 Å². The molecule has 1 aliphatic carbocycles. The molecule has 6 aromatic rings. The van der Waals surface area contributed by atoms with Crippen molar-refractivity contribution in [2.24, 2.45) is 0 Å². The highest BCUT2D eigenvalue weighted by molar-refractivity contribution is 7.99. The van der Waals surface area contributed by atoms with Crippen molar-refractivity contribution < 1.29 is 5.11 Å². The Morgan fingerprint density at radius 1 is 0.390 bits per heavy atom. The van der Waals surface area contributed by atoms with Crippen LogP contribution in [0.3, 0.4) is 0 Å². The van der Waals surface area contributed by atoms with Crippen LogP contribution in [-0.2, 0) is 5.41 Å². The maximum atomic E-state index is 12.7. The number of benzene rings is 6. The molecule has 0 aliphatic heterocycles. The summed E-state index contributed by atoms with van der Waals surface area (Å²) >= 11 is 0. The molecule has 1 nitrogen and oxygen atoms in total. The summed E-state index contributed by atoms with van der Waals surface area (Å²) in [6, 6.07) is 62.4. The first kappa shape index (κ1) is 25.3. The van der Waals surface area contributed by atoms with E-state index in [1.54, 1.807) is 0 Å². The highest BCUT2D eigenvalue weighted by atomic mass is 31.2. The first-order chi connectivity index (χ1) is 20.3. The van der Waals surface area contributed by atoms with Crippen molar-refractivity contribution in [1.29, 1.82) is 0 Å². The quantitative estimate of drug-likeness (QED) is 0.209. The molecular weight excluding hydrogens is 515 g/mol. The number of aliphatic hydroxyl groups is 1. The average molecular weight is 546 g/mol. The Balaban J connectivity index is 1.75. The van der Waals surface area contributed by atoms with Gasteiger partial charge in [0.05, 0.1) is 0 Å². The standard InChI is InChI=1S/C39H29OP/c40-37-35-28-16-17-29-36(35)39(30-18-6-1-7-19-30,31-20-8-2-9-21-31)38(37)41(32-22-10-3-11-23-32,33-24-12-4-13-25-33)34-26-14-5-15-27-34/h1-29H/p+1. The zero-order valence-electron chi connectivity index (χ0n) is 22.6. The zero-order valence-corrected chi connectivity index (χ0v) is 23.5. The van der Waals surface area contributed by atoms with Crippen LogP contribution < -0.4 is 15.9 Å². The summed E-state index contributed by atoms with van der Waals surface area (Å²) in [5.41, 5.74) is 3.56. The molecule has 0 saturated carbocycles. The van der Waals surface area contributed by atoms with E-state index in [4.69, 9.17) is 0 Å². The molecular formula is C39H30OP+. The van der Waals surface area contributed by atoms with E-state index in [1.807, 2.05) is 6.07 Å². The summed E-state index contributed by atoms with van der Waals surface area (Å²) in [7, 11) is -2.66. The van der Waals surface area contributed by atoms with E-state index in [2.05, 4.69) is 170 Å². The molecule has 41 heavy (non-hydrogen) atoms. The third kappa shape index (κ3) is 3.74. The number of hydrogen-bond acceptors (Lipinski definition) is 1. The van der Waals surface area contributed by atoms with E-state index in [9.17, 15) is 5.11 Å². The Hall–Kier alpha value is -4.71. The first-order valence-corrected chi connectivity index (χ1v) is 15.8. The van der Waals surface area contributed by atoms with Crippen LogP contribution >= 0.6 is 7.26 Å². The largest absolute Gasteiger partial charge is 0.504 e.